The number of nitrogens with one attached hydrogen (secondary N) is 2. The monoisotopic (exact) mass is 404 g/mol. The summed E-state index contributed by atoms with van der Waals surface area (Å²) in [7, 11) is 1.66. The first-order valence-corrected chi connectivity index (χ1v) is 10.8. The molecule has 2 aromatic rings. The highest BCUT2D eigenvalue weighted by atomic mass is 32.1. The molecule has 6 nitrogen and oxygen atoms in total. The number of aliphatic imine (C=N–C) groups is 1. The lowest BCUT2D eigenvalue weighted by Crippen LogP contribution is -2.37. The predicted molar refractivity (Wildman–Crippen MR) is 117 cm³/mol. The summed E-state index contributed by atoms with van der Waals surface area (Å²) in [5, 5.41) is 9.94. The summed E-state index contributed by atoms with van der Waals surface area (Å²) in [5.74, 6) is 2.41. The van der Waals surface area contributed by atoms with Crippen LogP contribution in [0.3, 0.4) is 0 Å². The Hall–Kier alpha value is -2.28. The number of ether oxygens (including phenoxy) is 2. The molecule has 28 heavy (non-hydrogen) atoms. The second-order valence-corrected chi connectivity index (χ2v) is 7.17. The highest BCUT2D eigenvalue weighted by Crippen LogP contribution is 2.28. The van der Waals surface area contributed by atoms with Gasteiger partial charge in [-0.25, -0.2) is 9.98 Å². The first-order chi connectivity index (χ1) is 13.7. The number of aromatic nitrogens is 1. The average molecular weight is 405 g/mol. The summed E-state index contributed by atoms with van der Waals surface area (Å²) in [4.78, 5) is 9.21. The number of benzene rings is 1. The molecule has 0 bridgehead atoms. The van der Waals surface area contributed by atoms with E-state index >= 15 is 0 Å². The van der Waals surface area contributed by atoms with Gasteiger partial charge in [0.15, 0.2) is 17.5 Å². The van der Waals surface area contributed by atoms with Crippen LogP contribution in [0.15, 0.2) is 28.6 Å². The van der Waals surface area contributed by atoms with E-state index in [0.717, 1.165) is 60.5 Å². The summed E-state index contributed by atoms with van der Waals surface area (Å²) >= 11 is 1.70. The van der Waals surface area contributed by atoms with Gasteiger partial charge in [-0.3, -0.25) is 0 Å². The quantitative estimate of drug-likeness (QED) is 0.339. The van der Waals surface area contributed by atoms with E-state index in [1.807, 2.05) is 13.0 Å². The van der Waals surface area contributed by atoms with Gasteiger partial charge < -0.3 is 20.1 Å². The molecular formula is C21H32N4O2S. The van der Waals surface area contributed by atoms with Crippen LogP contribution in [0.2, 0.25) is 0 Å². The summed E-state index contributed by atoms with van der Waals surface area (Å²) in [6.07, 6.45) is 2.94. The lowest BCUT2D eigenvalue weighted by atomic mass is 10.1. The van der Waals surface area contributed by atoms with Gasteiger partial charge in [0, 0.05) is 18.5 Å². The molecule has 0 aliphatic rings. The topological polar surface area (TPSA) is 67.8 Å². The molecule has 0 unspecified atom stereocenters. The van der Waals surface area contributed by atoms with E-state index in [1.54, 1.807) is 18.4 Å². The predicted octanol–water partition coefficient (Wildman–Crippen LogP) is 3.80. The third kappa shape index (κ3) is 7.03. The molecule has 0 atom stereocenters. The molecule has 2 N–H and O–H groups in total. The number of methoxy groups -OCH3 is 1. The maximum atomic E-state index is 5.65. The van der Waals surface area contributed by atoms with Crippen LogP contribution in [0.4, 0.5) is 0 Å². The molecule has 1 aromatic heterocycles. The first-order valence-electron chi connectivity index (χ1n) is 9.95. The van der Waals surface area contributed by atoms with Crippen molar-refractivity contribution in [3.63, 3.8) is 0 Å². The summed E-state index contributed by atoms with van der Waals surface area (Å²) in [5.41, 5.74) is 2.27. The number of thiazole rings is 1. The second kappa shape index (κ2) is 12.2. The van der Waals surface area contributed by atoms with Crippen LogP contribution in [-0.2, 0) is 19.4 Å². The Bertz CT molecular complexity index is 746. The minimum Gasteiger partial charge on any atom is -0.493 e. The van der Waals surface area contributed by atoms with Gasteiger partial charge in [-0.2, -0.15) is 0 Å². The van der Waals surface area contributed by atoms with Crippen LogP contribution in [0.25, 0.3) is 0 Å². The number of rotatable bonds is 11. The maximum absolute atomic E-state index is 5.65. The fourth-order valence-corrected chi connectivity index (χ4v) is 3.47. The number of hydrogen-bond donors (Lipinski definition) is 2. The van der Waals surface area contributed by atoms with Crippen molar-refractivity contribution in [1.29, 1.82) is 0 Å². The Kier molecular flexibility index (Phi) is 9.62. The summed E-state index contributed by atoms with van der Waals surface area (Å²) in [6, 6.07) is 6.13. The lowest BCUT2D eigenvalue weighted by Gasteiger charge is -2.12. The fourth-order valence-electron chi connectivity index (χ4n) is 2.73. The molecule has 1 heterocycles. The van der Waals surface area contributed by atoms with Crippen LogP contribution >= 0.6 is 11.3 Å². The lowest BCUT2D eigenvalue weighted by molar-refractivity contribution is 0.310. The third-order valence-corrected chi connectivity index (χ3v) is 5.15. The third-order valence-electron chi connectivity index (χ3n) is 4.11. The van der Waals surface area contributed by atoms with Gasteiger partial charge in [-0.05, 0) is 50.8 Å². The van der Waals surface area contributed by atoms with Crippen LogP contribution in [-0.4, -0.2) is 37.7 Å². The molecule has 0 saturated carbocycles. The molecule has 2 rings (SSSR count). The maximum Gasteiger partial charge on any atom is 0.191 e. The van der Waals surface area contributed by atoms with Crippen molar-refractivity contribution in [3.05, 3.63) is 39.8 Å². The fraction of sp³-hybridized carbons (Fsp3) is 0.524. The highest BCUT2D eigenvalue weighted by Gasteiger charge is 2.06. The molecule has 0 saturated heterocycles. The van der Waals surface area contributed by atoms with Crippen molar-refractivity contribution in [3.8, 4) is 11.5 Å². The van der Waals surface area contributed by atoms with Crippen molar-refractivity contribution in [2.24, 2.45) is 4.99 Å². The zero-order chi connectivity index (χ0) is 20.2. The number of nitrogens with zero attached hydrogens (tertiary/aromatic N) is 2. The van der Waals surface area contributed by atoms with Gasteiger partial charge >= 0.3 is 0 Å². The molecule has 0 spiro atoms. The molecule has 0 aliphatic carbocycles. The molecule has 154 valence electrons. The van der Waals surface area contributed by atoms with E-state index < -0.39 is 0 Å². The Labute approximate surface area is 172 Å². The number of aryl methyl sites for hydroxylation is 2. The summed E-state index contributed by atoms with van der Waals surface area (Å²) in [6.45, 7) is 9.08. The molecule has 7 heteroatoms. The molecule has 0 aliphatic heterocycles. The van der Waals surface area contributed by atoms with E-state index in [2.05, 4.69) is 52.0 Å². The Balaban J connectivity index is 1.83. The van der Waals surface area contributed by atoms with E-state index in [0.29, 0.717) is 13.2 Å². The normalized spacial score (nSPS) is 11.4. The van der Waals surface area contributed by atoms with Crippen molar-refractivity contribution in [2.45, 2.75) is 46.6 Å². The number of hydrogen-bond acceptors (Lipinski definition) is 5. The standard InChI is InChI=1S/C21H32N4O2S/c1-5-20-25-17(15-28-20)14-24-21(22-6-2)23-12-8-9-16-10-11-18(26-4)19(13-16)27-7-3/h10-11,13,15H,5-9,12,14H2,1-4H3,(H2,22,23,24). The zero-order valence-electron chi connectivity index (χ0n) is 17.4. The van der Waals surface area contributed by atoms with Gasteiger partial charge in [-0.1, -0.05) is 13.0 Å². The smallest absolute Gasteiger partial charge is 0.191 e. The van der Waals surface area contributed by atoms with Crippen LogP contribution in [0.5, 0.6) is 11.5 Å². The highest BCUT2D eigenvalue weighted by molar-refractivity contribution is 7.09. The van der Waals surface area contributed by atoms with E-state index in [-0.39, 0.29) is 0 Å². The van der Waals surface area contributed by atoms with Crippen molar-refractivity contribution in [1.82, 2.24) is 15.6 Å². The Morgan fingerprint density at radius 3 is 2.71 bits per heavy atom. The Morgan fingerprint density at radius 2 is 2.04 bits per heavy atom. The van der Waals surface area contributed by atoms with Crippen LogP contribution < -0.4 is 20.1 Å². The number of guanidine groups is 1. The van der Waals surface area contributed by atoms with Crippen molar-refractivity contribution >= 4 is 17.3 Å². The second-order valence-electron chi connectivity index (χ2n) is 6.23. The average Bonchev–Trinajstić information content (AvgIpc) is 3.18. The van der Waals surface area contributed by atoms with Crippen molar-refractivity contribution < 1.29 is 9.47 Å². The van der Waals surface area contributed by atoms with E-state index in [4.69, 9.17) is 9.47 Å². The summed E-state index contributed by atoms with van der Waals surface area (Å²) < 4.78 is 11.0. The van der Waals surface area contributed by atoms with Gasteiger partial charge in [0.1, 0.15) is 0 Å². The van der Waals surface area contributed by atoms with Gasteiger partial charge in [0.25, 0.3) is 0 Å². The van der Waals surface area contributed by atoms with Gasteiger partial charge in [0.05, 0.1) is 31.0 Å². The molecule has 1 aromatic carbocycles. The van der Waals surface area contributed by atoms with Crippen LogP contribution in [0, 0.1) is 0 Å². The minimum absolute atomic E-state index is 0.599. The molecule has 0 fully saturated rings. The van der Waals surface area contributed by atoms with E-state index in [9.17, 15) is 0 Å². The van der Waals surface area contributed by atoms with Gasteiger partial charge in [0.2, 0.25) is 0 Å². The molecule has 0 radical (unpaired) electrons. The van der Waals surface area contributed by atoms with E-state index in [1.165, 1.54) is 5.56 Å². The van der Waals surface area contributed by atoms with Crippen molar-refractivity contribution in [2.75, 3.05) is 26.8 Å². The largest absolute Gasteiger partial charge is 0.493 e. The molecule has 0 amide bonds. The SMILES string of the molecule is CCNC(=NCc1csc(CC)n1)NCCCc1ccc(OC)c(OCC)c1. The Morgan fingerprint density at radius 1 is 1.18 bits per heavy atom. The van der Waals surface area contributed by atoms with Crippen LogP contribution in [0.1, 0.15) is 43.5 Å². The zero-order valence-corrected chi connectivity index (χ0v) is 18.2. The molecular weight excluding hydrogens is 372 g/mol. The first kappa shape index (κ1) is 22.0. The van der Waals surface area contributed by atoms with Gasteiger partial charge in [-0.15, -0.1) is 11.3 Å². The minimum atomic E-state index is 0.599.